The van der Waals surface area contributed by atoms with E-state index in [1.54, 1.807) is 61.5 Å². The van der Waals surface area contributed by atoms with E-state index < -0.39 is 24.2 Å². The van der Waals surface area contributed by atoms with Crippen LogP contribution in [0, 0.1) is 0 Å². The van der Waals surface area contributed by atoms with E-state index in [1.807, 2.05) is 6.07 Å². The Balaban J connectivity index is 1.85. The summed E-state index contributed by atoms with van der Waals surface area (Å²) in [6, 6.07) is 16.6. The predicted molar refractivity (Wildman–Crippen MR) is 102 cm³/mol. The molecule has 7 nitrogen and oxygen atoms in total. The van der Waals surface area contributed by atoms with Gasteiger partial charge in [0.2, 0.25) is 5.91 Å². The van der Waals surface area contributed by atoms with Crippen molar-refractivity contribution in [2.45, 2.75) is 25.2 Å². The Morgan fingerprint density at radius 2 is 1.64 bits per heavy atom. The van der Waals surface area contributed by atoms with Crippen molar-refractivity contribution in [2.24, 2.45) is 0 Å². The second-order valence-electron chi connectivity index (χ2n) is 6.70. The third-order valence-electron chi connectivity index (χ3n) is 4.54. The van der Waals surface area contributed by atoms with Crippen LogP contribution in [-0.2, 0) is 14.3 Å². The summed E-state index contributed by atoms with van der Waals surface area (Å²) in [7, 11) is 0. The maximum Gasteiger partial charge on any atom is 0.334 e. The van der Waals surface area contributed by atoms with E-state index in [9.17, 15) is 19.5 Å². The number of rotatable bonds is 5. The Labute approximate surface area is 162 Å². The quantitative estimate of drug-likeness (QED) is 0.823. The molecule has 2 aromatic rings. The molecule has 0 radical (unpaired) electrons. The van der Waals surface area contributed by atoms with E-state index in [4.69, 9.17) is 4.74 Å². The Morgan fingerprint density at radius 1 is 1.04 bits per heavy atom. The molecule has 0 spiro atoms. The molecular weight excluding hydrogens is 360 g/mol. The van der Waals surface area contributed by atoms with Crippen LogP contribution in [0.3, 0.4) is 0 Å². The number of hydrogen-bond acceptors (Lipinski definition) is 4. The fourth-order valence-corrected chi connectivity index (χ4v) is 3.19. The highest BCUT2D eigenvalue weighted by Crippen LogP contribution is 2.20. The number of nitrogens with one attached hydrogen (secondary N) is 1. The van der Waals surface area contributed by atoms with Gasteiger partial charge >= 0.3 is 5.97 Å². The number of ether oxygens (including phenoxy) is 1. The molecule has 1 heterocycles. The zero-order valence-corrected chi connectivity index (χ0v) is 15.4. The monoisotopic (exact) mass is 382 g/mol. The van der Waals surface area contributed by atoms with Crippen molar-refractivity contribution in [3.05, 3.63) is 71.8 Å². The molecule has 3 rings (SSSR count). The summed E-state index contributed by atoms with van der Waals surface area (Å²) in [5, 5.41) is 12.1. The first kappa shape index (κ1) is 19.6. The van der Waals surface area contributed by atoms with Crippen LogP contribution in [0.4, 0.5) is 0 Å². The average Bonchev–Trinajstić information content (AvgIpc) is 2.72. The Kier molecular flexibility index (Phi) is 6.06. The smallest absolute Gasteiger partial charge is 0.334 e. The zero-order chi connectivity index (χ0) is 20.1. The average molecular weight is 382 g/mol. The van der Waals surface area contributed by atoms with E-state index in [-0.39, 0.29) is 24.9 Å². The SMILES string of the molecule is C[C@@H]1CN(C(=O)C(NC(=O)c2ccccc2)c2ccccc2)CC(C(=O)O)O1. The lowest BCUT2D eigenvalue weighted by Gasteiger charge is -2.37. The molecule has 1 fully saturated rings. The first-order valence-corrected chi connectivity index (χ1v) is 9.03. The lowest BCUT2D eigenvalue weighted by Crippen LogP contribution is -2.54. The molecule has 146 valence electrons. The minimum absolute atomic E-state index is 0.0664. The maximum atomic E-state index is 13.2. The highest BCUT2D eigenvalue weighted by molar-refractivity contribution is 5.98. The largest absolute Gasteiger partial charge is 0.479 e. The molecule has 3 atom stereocenters. The number of morpholine rings is 1. The molecule has 0 bridgehead atoms. The first-order chi connectivity index (χ1) is 13.5. The number of carbonyl (C=O) groups excluding carboxylic acids is 2. The fourth-order valence-electron chi connectivity index (χ4n) is 3.19. The summed E-state index contributed by atoms with van der Waals surface area (Å²) in [6.45, 7) is 1.91. The van der Waals surface area contributed by atoms with Crippen molar-refractivity contribution in [3.8, 4) is 0 Å². The normalized spacial score (nSPS) is 20.2. The molecule has 28 heavy (non-hydrogen) atoms. The number of benzene rings is 2. The third kappa shape index (κ3) is 4.55. The molecule has 2 aromatic carbocycles. The van der Waals surface area contributed by atoms with E-state index in [1.165, 1.54) is 4.90 Å². The zero-order valence-electron chi connectivity index (χ0n) is 15.4. The number of amides is 2. The van der Waals surface area contributed by atoms with Crippen LogP contribution >= 0.6 is 0 Å². The molecule has 1 saturated heterocycles. The maximum absolute atomic E-state index is 13.2. The van der Waals surface area contributed by atoms with Crippen molar-refractivity contribution >= 4 is 17.8 Å². The van der Waals surface area contributed by atoms with Gasteiger partial charge in [0.1, 0.15) is 6.04 Å². The Bertz CT molecular complexity index is 840. The predicted octanol–water partition coefficient (Wildman–Crippen LogP) is 1.86. The van der Waals surface area contributed by atoms with Gasteiger partial charge in [-0.1, -0.05) is 48.5 Å². The summed E-state index contributed by atoms with van der Waals surface area (Å²) in [4.78, 5) is 38.7. The van der Waals surface area contributed by atoms with Gasteiger partial charge in [-0.25, -0.2) is 4.79 Å². The van der Waals surface area contributed by atoms with Crippen LogP contribution in [-0.4, -0.2) is 53.1 Å². The molecule has 0 aromatic heterocycles. The van der Waals surface area contributed by atoms with E-state index in [2.05, 4.69) is 5.32 Å². The lowest BCUT2D eigenvalue weighted by molar-refractivity contribution is -0.167. The number of carbonyl (C=O) groups is 3. The third-order valence-corrected chi connectivity index (χ3v) is 4.54. The Morgan fingerprint density at radius 3 is 2.25 bits per heavy atom. The van der Waals surface area contributed by atoms with Gasteiger partial charge in [0.25, 0.3) is 5.91 Å². The second kappa shape index (κ2) is 8.67. The van der Waals surface area contributed by atoms with Crippen LogP contribution in [0.1, 0.15) is 28.9 Å². The summed E-state index contributed by atoms with van der Waals surface area (Å²) < 4.78 is 5.38. The Hall–Kier alpha value is -3.19. The van der Waals surface area contributed by atoms with E-state index >= 15 is 0 Å². The van der Waals surface area contributed by atoms with Gasteiger partial charge in [-0.3, -0.25) is 9.59 Å². The molecule has 1 aliphatic heterocycles. The molecule has 7 heteroatoms. The number of hydrogen-bond donors (Lipinski definition) is 2. The van der Waals surface area contributed by atoms with Gasteiger partial charge in [0, 0.05) is 12.1 Å². The fraction of sp³-hybridized carbons (Fsp3) is 0.286. The van der Waals surface area contributed by atoms with Gasteiger partial charge in [-0.15, -0.1) is 0 Å². The number of carboxylic acids is 1. The van der Waals surface area contributed by atoms with Gasteiger partial charge in [0.15, 0.2) is 6.10 Å². The van der Waals surface area contributed by atoms with Crippen molar-refractivity contribution in [1.82, 2.24) is 10.2 Å². The van der Waals surface area contributed by atoms with E-state index in [0.717, 1.165) is 0 Å². The van der Waals surface area contributed by atoms with Crippen molar-refractivity contribution in [1.29, 1.82) is 0 Å². The second-order valence-corrected chi connectivity index (χ2v) is 6.70. The van der Waals surface area contributed by atoms with Crippen LogP contribution in [0.25, 0.3) is 0 Å². The van der Waals surface area contributed by atoms with Gasteiger partial charge < -0.3 is 20.1 Å². The van der Waals surface area contributed by atoms with E-state index in [0.29, 0.717) is 11.1 Å². The van der Waals surface area contributed by atoms with Crippen molar-refractivity contribution in [3.63, 3.8) is 0 Å². The van der Waals surface area contributed by atoms with Gasteiger partial charge in [-0.05, 0) is 24.6 Å². The first-order valence-electron chi connectivity index (χ1n) is 9.03. The highest BCUT2D eigenvalue weighted by atomic mass is 16.5. The molecule has 2 unspecified atom stereocenters. The topological polar surface area (TPSA) is 95.9 Å². The number of carboxylic acid groups (broad SMARTS) is 1. The summed E-state index contributed by atoms with van der Waals surface area (Å²) in [6.07, 6.45) is -1.51. The lowest BCUT2D eigenvalue weighted by atomic mass is 10.0. The summed E-state index contributed by atoms with van der Waals surface area (Å²) in [5.74, 6) is -1.86. The van der Waals surface area contributed by atoms with Crippen molar-refractivity contribution < 1.29 is 24.2 Å². The highest BCUT2D eigenvalue weighted by Gasteiger charge is 2.36. The number of aliphatic carboxylic acids is 1. The summed E-state index contributed by atoms with van der Waals surface area (Å²) in [5.41, 5.74) is 1.07. The molecular formula is C21H22N2O5. The van der Waals surface area contributed by atoms with Crippen molar-refractivity contribution in [2.75, 3.05) is 13.1 Å². The van der Waals surface area contributed by atoms with Crippen LogP contribution in [0.5, 0.6) is 0 Å². The summed E-state index contributed by atoms with van der Waals surface area (Å²) >= 11 is 0. The minimum atomic E-state index is -1.12. The van der Waals surface area contributed by atoms with Crippen LogP contribution in [0.2, 0.25) is 0 Å². The van der Waals surface area contributed by atoms with Crippen LogP contribution < -0.4 is 5.32 Å². The molecule has 0 aliphatic carbocycles. The van der Waals surface area contributed by atoms with Gasteiger partial charge in [-0.2, -0.15) is 0 Å². The molecule has 1 aliphatic rings. The molecule has 2 amide bonds. The number of nitrogens with zero attached hydrogens (tertiary/aromatic N) is 1. The van der Waals surface area contributed by atoms with Crippen LogP contribution in [0.15, 0.2) is 60.7 Å². The minimum Gasteiger partial charge on any atom is -0.479 e. The molecule has 0 saturated carbocycles. The standard InChI is InChI=1S/C21H22N2O5/c1-14-12-23(13-17(28-14)21(26)27)20(25)18(15-8-4-2-5-9-15)22-19(24)16-10-6-3-7-11-16/h2-11,14,17-18H,12-13H2,1H3,(H,22,24)(H,26,27)/t14-,17?,18?/m1/s1. The van der Waals surface area contributed by atoms with Gasteiger partial charge in [0.05, 0.1) is 12.6 Å². The molecule has 2 N–H and O–H groups in total.